The number of nitro benzene ring substituents is 1. The van der Waals surface area contributed by atoms with E-state index in [9.17, 15) is 10.1 Å². The molecule has 0 aliphatic carbocycles. The van der Waals surface area contributed by atoms with Crippen LogP contribution < -0.4 is 5.32 Å². The molecule has 1 aromatic carbocycles. The molecule has 0 aromatic heterocycles. The van der Waals surface area contributed by atoms with E-state index in [0.29, 0.717) is 0 Å². The molecule has 0 bridgehead atoms. The molecule has 1 aliphatic heterocycles. The van der Waals surface area contributed by atoms with Gasteiger partial charge in [-0.25, -0.2) is 0 Å². The topological polar surface area (TPSA) is 58.4 Å². The SMILES string of the molecule is CNc1ccc([N+](=O)[O-])cc1CN1CCCC1(C)C. The average Bonchev–Trinajstić information content (AvgIpc) is 2.68. The van der Waals surface area contributed by atoms with Gasteiger partial charge in [0.1, 0.15) is 0 Å². The van der Waals surface area contributed by atoms with Gasteiger partial charge in [0.05, 0.1) is 4.92 Å². The number of non-ortho nitro benzene ring substituents is 1. The van der Waals surface area contributed by atoms with Gasteiger partial charge in [-0.2, -0.15) is 0 Å². The predicted molar refractivity (Wildman–Crippen MR) is 76.4 cm³/mol. The van der Waals surface area contributed by atoms with Gasteiger partial charge in [-0.3, -0.25) is 15.0 Å². The van der Waals surface area contributed by atoms with Gasteiger partial charge in [0.25, 0.3) is 5.69 Å². The van der Waals surface area contributed by atoms with Crippen molar-refractivity contribution >= 4 is 11.4 Å². The highest BCUT2D eigenvalue weighted by Crippen LogP contribution is 2.32. The second-order valence-corrected chi connectivity index (χ2v) is 5.69. The Kier molecular flexibility index (Phi) is 3.75. The highest BCUT2D eigenvalue weighted by atomic mass is 16.6. The maximum absolute atomic E-state index is 10.9. The number of nitrogens with one attached hydrogen (secondary N) is 1. The fourth-order valence-electron chi connectivity index (χ4n) is 2.73. The zero-order valence-electron chi connectivity index (χ0n) is 11.8. The minimum Gasteiger partial charge on any atom is -0.388 e. The summed E-state index contributed by atoms with van der Waals surface area (Å²) in [6.45, 7) is 6.27. The number of nitrogens with zero attached hydrogens (tertiary/aromatic N) is 2. The van der Waals surface area contributed by atoms with Gasteiger partial charge in [0.2, 0.25) is 0 Å². The number of likely N-dealkylation sites (tertiary alicyclic amines) is 1. The lowest BCUT2D eigenvalue weighted by Gasteiger charge is -2.32. The van der Waals surface area contributed by atoms with Gasteiger partial charge in [-0.15, -0.1) is 0 Å². The second kappa shape index (κ2) is 5.17. The van der Waals surface area contributed by atoms with Crippen LogP contribution in [0.3, 0.4) is 0 Å². The van der Waals surface area contributed by atoms with Crippen LogP contribution in [0.1, 0.15) is 32.3 Å². The van der Waals surface area contributed by atoms with Gasteiger partial charge >= 0.3 is 0 Å². The van der Waals surface area contributed by atoms with E-state index in [1.54, 1.807) is 18.2 Å². The van der Waals surface area contributed by atoms with E-state index in [4.69, 9.17) is 0 Å². The monoisotopic (exact) mass is 263 g/mol. The van der Waals surface area contributed by atoms with Gasteiger partial charge < -0.3 is 5.32 Å². The Morgan fingerprint density at radius 3 is 2.74 bits per heavy atom. The fraction of sp³-hybridized carbons (Fsp3) is 0.571. The highest BCUT2D eigenvalue weighted by molar-refractivity contribution is 5.55. The van der Waals surface area contributed by atoms with Crippen LogP contribution in [0.25, 0.3) is 0 Å². The van der Waals surface area contributed by atoms with Crippen molar-refractivity contribution in [2.24, 2.45) is 0 Å². The van der Waals surface area contributed by atoms with Crippen molar-refractivity contribution in [3.05, 3.63) is 33.9 Å². The van der Waals surface area contributed by atoms with Gasteiger partial charge in [0, 0.05) is 37.0 Å². The molecular formula is C14H21N3O2. The van der Waals surface area contributed by atoms with Crippen LogP contribution in [-0.2, 0) is 6.54 Å². The predicted octanol–water partition coefficient (Wildman–Crippen LogP) is 3.01. The van der Waals surface area contributed by atoms with Crippen molar-refractivity contribution < 1.29 is 4.92 Å². The van der Waals surface area contributed by atoms with Crippen molar-refractivity contribution in [1.82, 2.24) is 4.90 Å². The Labute approximate surface area is 113 Å². The number of hydrogen-bond acceptors (Lipinski definition) is 4. The number of nitro groups is 1. The molecule has 0 amide bonds. The van der Waals surface area contributed by atoms with Crippen LogP contribution in [0, 0.1) is 10.1 Å². The molecule has 2 rings (SSSR count). The minimum absolute atomic E-state index is 0.158. The lowest BCUT2D eigenvalue weighted by Crippen LogP contribution is -2.37. The molecule has 1 saturated heterocycles. The van der Waals surface area contributed by atoms with E-state index in [1.165, 1.54) is 12.8 Å². The van der Waals surface area contributed by atoms with Gasteiger partial charge in [-0.1, -0.05) is 0 Å². The molecule has 5 nitrogen and oxygen atoms in total. The Morgan fingerprint density at radius 1 is 1.47 bits per heavy atom. The first-order chi connectivity index (χ1) is 8.94. The first-order valence-electron chi connectivity index (χ1n) is 6.64. The van der Waals surface area contributed by atoms with Crippen molar-refractivity contribution in [2.75, 3.05) is 18.9 Å². The van der Waals surface area contributed by atoms with E-state index in [2.05, 4.69) is 24.1 Å². The van der Waals surface area contributed by atoms with Crippen LogP contribution in [-0.4, -0.2) is 29.0 Å². The van der Waals surface area contributed by atoms with Crippen LogP contribution in [0.15, 0.2) is 18.2 Å². The zero-order chi connectivity index (χ0) is 14.0. The summed E-state index contributed by atoms with van der Waals surface area (Å²) in [7, 11) is 1.85. The normalized spacial score (nSPS) is 18.5. The van der Waals surface area contributed by atoms with Crippen LogP contribution in [0.4, 0.5) is 11.4 Å². The molecule has 0 radical (unpaired) electrons. The molecule has 0 spiro atoms. The second-order valence-electron chi connectivity index (χ2n) is 5.69. The minimum atomic E-state index is -0.335. The van der Waals surface area contributed by atoms with Crippen molar-refractivity contribution in [1.29, 1.82) is 0 Å². The molecule has 1 heterocycles. The van der Waals surface area contributed by atoms with Crippen LogP contribution in [0.2, 0.25) is 0 Å². The van der Waals surface area contributed by atoms with E-state index < -0.39 is 0 Å². The quantitative estimate of drug-likeness (QED) is 0.670. The Morgan fingerprint density at radius 2 is 2.21 bits per heavy atom. The third-order valence-electron chi connectivity index (χ3n) is 4.00. The molecule has 1 aliphatic rings. The molecular weight excluding hydrogens is 242 g/mol. The van der Waals surface area contributed by atoms with Crippen LogP contribution >= 0.6 is 0 Å². The number of hydrogen-bond donors (Lipinski definition) is 1. The first-order valence-corrected chi connectivity index (χ1v) is 6.64. The maximum atomic E-state index is 10.9. The summed E-state index contributed by atoms with van der Waals surface area (Å²) >= 11 is 0. The van der Waals surface area contributed by atoms with E-state index in [1.807, 2.05) is 7.05 Å². The fourth-order valence-corrected chi connectivity index (χ4v) is 2.73. The smallest absolute Gasteiger partial charge is 0.269 e. The van der Waals surface area contributed by atoms with E-state index in [0.717, 1.165) is 24.3 Å². The lowest BCUT2D eigenvalue weighted by atomic mass is 10.0. The molecule has 1 N–H and O–H groups in total. The Bertz CT molecular complexity index is 486. The first kappa shape index (κ1) is 13.8. The maximum Gasteiger partial charge on any atom is 0.269 e. The summed E-state index contributed by atoms with van der Waals surface area (Å²) in [5, 5.41) is 14.0. The van der Waals surface area contributed by atoms with Gasteiger partial charge in [0.15, 0.2) is 0 Å². The van der Waals surface area contributed by atoms with Crippen molar-refractivity contribution in [3.8, 4) is 0 Å². The standard InChI is InChI=1S/C14H21N3O2/c1-14(2)7-4-8-16(14)10-11-9-12(17(18)19)5-6-13(11)15-3/h5-6,9,15H,4,7-8,10H2,1-3H3. The molecule has 1 aromatic rings. The summed E-state index contributed by atoms with van der Waals surface area (Å²) in [5.41, 5.74) is 2.29. The van der Waals surface area contributed by atoms with E-state index in [-0.39, 0.29) is 16.1 Å². The molecule has 19 heavy (non-hydrogen) atoms. The summed E-state index contributed by atoms with van der Waals surface area (Å²) < 4.78 is 0. The molecule has 0 saturated carbocycles. The van der Waals surface area contributed by atoms with Crippen molar-refractivity contribution in [2.45, 2.75) is 38.8 Å². The largest absolute Gasteiger partial charge is 0.388 e. The highest BCUT2D eigenvalue weighted by Gasteiger charge is 2.32. The summed E-state index contributed by atoms with van der Waals surface area (Å²) in [6, 6.07) is 5.02. The lowest BCUT2D eigenvalue weighted by molar-refractivity contribution is -0.384. The van der Waals surface area contributed by atoms with Crippen molar-refractivity contribution in [3.63, 3.8) is 0 Å². The molecule has 0 unspecified atom stereocenters. The molecule has 104 valence electrons. The molecule has 1 fully saturated rings. The third-order valence-corrected chi connectivity index (χ3v) is 4.00. The molecule has 5 heteroatoms. The zero-order valence-corrected chi connectivity index (χ0v) is 11.8. The summed E-state index contributed by atoms with van der Waals surface area (Å²) in [4.78, 5) is 12.9. The number of rotatable bonds is 4. The Balaban J connectivity index is 2.27. The van der Waals surface area contributed by atoms with Crippen LogP contribution in [0.5, 0.6) is 0 Å². The number of anilines is 1. The molecule has 0 atom stereocenters. The average molecular weight is 263 g/mol. The third kappa shape index (κ3) is 2.87. The van der Waals surface area contributed by atoms with E-state index >= 15 is 0 Å². The summed E-state index contributed by atoms with van der Waals surface area (Å²) in [5.74, 6) is 0. The Hall–Kier alpha value is -1.62. The van der Waals surface area contributed by atoms with Gasteiger partial charge in [-0.05, 0) is 44.9 Å². The summed E-state index contributed by atoms with van der Waals surface area (Å²) in [6.07, 6.45) is 2.37. The number of benzene rings is 1.